The molecule has 0 saturated carbocycles. The first-order valence-electron chi connectivity index (χ1n) is 6.30. The lowest BCUT2D eigenvalue weighted by Gasteiger charge is -2.21. The molecule has 0 aliphatic carbocycles. The lowest BCUT2D eigenvalue weighted by atomic mass is 10.1. The predicted octanol–water partition coefficient (Wildman–Crippen LogP) is 3.26. The summed E-state index contributed by atoms with van der Waals surface area (Å²) in [5, 5.41) is 8.82. The van der Waals surface area contributed by atoms with Crippen molar-refractivity contribution in [3.63, 3.8) is 0 Å². The molecule has 1 atom stereocenters. The molecule has 1 amide bonds. The van der Waals surface area contributed by atoms with Crippen molar-refractivity contribution in [3.8, 4) is 6.07 Å². The van der Waals surface area contributed by atoms with Crippen molar-refractivity contribution in [1.29, 1.82) is 5.26 Å². The average Bonchev–Trinajstić information content (AvgIpc) is 2.90. The number of carbonyl (C=O) groups excluding carboxylic acids is 1. The Kier molecular flexibility index (Phi) is 3.10. The number of hydrogen-bond acceptors (Lipinski definition) is 3. The van der Waals surface area contributed by atoms with Crippen LogP contribution >= 0.6 is 0 Å². The largest absolute Gasteiger partial charge is 0.447 e. The van der Waals surface area contributed by atoms with Crippen LogP contribution < -0.4 is 4.90 Å². The van der Waals surface area contributed by atoms with Crippen LogP contribution in [-0.4, -0.2) is 12.7 Å². The number of cyclic esters (lactones) is 1. The van der Waals surface area contributed by atoms with Gasteiger partial charge in [0.1, 0.15) is 6.61 Å². The molecule has 4 heteroatoms. The Labute approximate surface area is 116 Å². The summed E-state index contributed by atoms with van der Waals surface area (Å²) in [7, 11) is 0. The zero-order chi connectivity index (χ0) is 13.9. The highest BCUT2D eigenvalue weighted by molar-refractivity contribution is 5.90. The molecule has 1 heterocycles. The number of hydrogen-bond donors (Lipinski definition) is 0. The molecule has 1 aliphatic heterocycles. The van der Waals surface area contributed by atoms with E-state index < -0.39 is 0 Å². The van der Waals surface area contributed by atoms with E-state index in [1.807, 2.05) is 30.3 Å². The van der Waals surface area contributed by atoms with Crippen LogP contribution in [0.5, 0.6) is 0 Å². The lowest BCUT2D eigenvalue weighted by molar-refractivity contribution is 0.179. The predicted molar refractivity (Wildman–Crippen MR) is 74.2 cm³/mol. The molecule has 2 aromatic carbocycles. The molecule has 4 nitrogen and oxygen atoms in total. The van der Waals surface area contributed by atoms with Gasteiger partial charge in [-0.05, 0) is 29.8 Å². The first kappa shape index (κ1) is 12.2. The molecule has 98 valence electrons. The fourth-order valence-corrected chi connectivity index (χ4v) is 2.32. The molecule has 0 spiro atoms. The maximum atomic E-state index is 12.0. The molecular weight excluding hydrogens is 252 g/mol. The molecule has 1 fully saturated rings. The lowest BCUT2D eigenvalue weighted by Crippen LogP contribution is -2.27. The van der Waals surface area contributed by atoms with Gasteiger partial charge in [-0.25, -0.2) is 4.79 Å². The Morgan fingerprint density at radius 1 is 1.10 bits per heavy atom. The van der Waals surface area contributed by atoms with Gasteiger partial charge in [-0.2, -0.15) is 5.26 Å². The summed E-state index contributed by atoms with van der Waals surface area (Å²) in [6, 6.07) is 18.6. The van der Waals surface area contributed by atoms with Gasteiger partial charge < -0.3 is 4.74 Å². The van der Waals surface area contributed by atoms with E-state index in [0.717, 1.165) is 11.3 Å². The topological polar surface area (TPSA) is 53.3 Å². The van der Waals surface area contributed by atoms with Crippen molar-refractivity contribution >= 4 is 11.8 Å². The van der Waals surface area contributed by atoms with Crippen LogP contribution in [0.4, 0.5) is 10.5 Å². The van der Waals surface area contributed by atoms with Gasteiger partial charge in [-0.15, -0.1) is 0 Å². The maximum absolute atomic E-state index is 12.0. The smallest absolute Gasteiger partial charge is 0.415 e. The Morgan fingerprint density at radius 2 is 1.80 bits per heavy atom. The molecular formula is C16H12N2O2. The van der Waals surface area contributed by atoms with Gasteiger partial charge in [0.05, 0.1) is 17.7 Å². The van der Waals surface area contributed by atoms with Gasteiger partial charge in [0.25, 0.3) is 0 Å². The molecule has 3 rings (SSSR count). The molecule has 1 aliphatic rings. The molecule has 1 saturated heterocycles. The van der Waals surface area contributed by atoms with E-state index in [1.165, 1.54) is 0 Å². The number of carbonyl (C=O) groups is 1. The van der Waals surface area contributed by atoms with Crippen molar-refractivity contribution in [2.45, 2.75) is 6.04 Å². The number of benzene rings is 2. The van der Waals surface area contributed by atoms with Crippen LogP contribution in [0, 0.1) is 11.3 Å². The van der Waals surface area contributed by atoms with Gasteiger partial charge in [0.2, 0.25) is 0 Å². The SMILES string of the molecule is N#Cc1ccc(N2C(=O)OCC2c2ccccc2)cc1. The average molecular weight is 264 g/mol. The first-order chi connectivity index (χ1) is 9.79. The summed E-state index contributed by atoms with van der Waals surface area (Å²) in [5.74, 6) is 0. The van der Waals surface area contributed by atoms with Crippen LogP contribution in [-0.2, 0) is 4.74 Å². The Morgan fingerprint density at radius 3 is 2.45 bits per heavy atom. The molecule has 20 heavy (non-hydrogen) atoms. The zero-order valence-corrected chi connectivity index (χ0v) is 10.7. The maximum Gasteiger partial charge on any atom is 0.415 e. The highest BCUT2D eigenvalue weighted by Crippen LogP contribution is 2.32. The highest BCUT2D eigenvalue weighted by Gasteiger charge is 2.35. The third kappa shape index (κ3) is 2.10. The summed E-state index contributed by atoms with van der Waals surface area (Å²) in [6.07, 6.45) is -0.358. The van der Waals surface area contributed by atoms with E-state index in [4.69, 9.17) is 10.00 Å². The van der Waals surface area contributed by atoms with Gasteiger partial charge >= 0.3 is 6.09 Å². The third-order valence-electron chi connectivity index (χ3n) is 3.33. The van der Waals surface area contributed by atoms with E-state index in [9.17, 15) is 4.79 Å². The number of nitriles is 1. The molecule has 0 N–H and O–H groups in total. The minimum atomic E-state index is -0.358. The van der Waals surface area contributed by atoms with E-state index in [1.54, 1.807) is 29.2 Å². The Bertz CT molecular complexity index is 659. The van der Waals surface area contributed by atoms with Crippen LogP contribution in [0.1, 0.15) is 17.2 Å². The fraction of sp³-hybridized carbons (Fsp3) is 0.125. The van der Waals surface area contributed by atoms with E-state index >= 15 is 0 Å². The quantitative estimate of drug-likeness (QED) is 0.836. The molecule has 2 aromatic rings. The number of nitrogens with zero attached hydrogens (tertiary/aromatic N) is 2. The number of rotatable bonds is 2. The second-order valence-electron chi connectivity index (χ2n) is 4.53. The van der Waals surface area contributed by atoms with Gasteiger partial charge in [0.15, 0.2) is 0 Å². The van der Waals surface area contributed by atoms with E-state index in [2.05, 4.69) is 6.07 Å². The normalized spacial score (nSPS) is 17.6. The second kappa shape index (κ2) is 5.06. The first-order valence-corrected chi connectivity index (χ1v) is 6.30. The minimum Gasteiger partial charge on any atom is -0.447 e. The summed E-state index contributed by atoms with van der Waals surface area (Å²) in [4.78, 5) is 13.6. The van der Waals surface area contributed by atoms with Gasteiger partial charge in [-0.1, -0.05) is 30.3 Å². The Hall–Kier alpha value is -2.80. The van der Waals surface area contributed by atoms with Crippen molar-refractivity contribution in [3.05, 3.63) is 65.7 Å². The van der Waals surface area contributed by atoms with Crippen molar-refractivity contribution in [2.75, 3.05) is 11.5 Å². The summed E-state index contributed by atoms with van der Waals surface area (Å²) < 4.78 is 5.17. The summed E-state index contributed by atoms with van der Waals surface area (Å²) >= 11 is 0. The van der Waals surface area contributed by atoms with Crippen LogP contribution in [0.25, 0.3) is 0 Å². The monoisotopic (exact) mass is 264 g/mol. The van der Waals surface area contributed by atoms with Gasteiger partial charge in [-0.3, -0.25) is 4.90 Å². The number of amides is 1. The third-order valence-corrected chi connectivity index (χ3v) is 3.33. The zero-order valence-electron chi connectivity index (χ0n) is 10.7. The van der Waals surface area contributed by atoms with Crippen LogP contribution in [0.15, 0.2) is 54.6 Å². The van der Waals surface area contributed by atoms with Gasteiger partial charge in [0, 0.05) is 5.69 Å². The van der Waals surface area contributed by atoms with Crippen LogP contribution in [0.2, 0.25) is 0 Å². The number of ether oxygens (including phenoxy) is 1. The van der Waals surface area contributed by atoms with Crippen molar-refractivity contribution in [2.24, 2.45) is 0 Å². The number of anilines is 1. The Balaban J connectivity index is 1.96. The van der Waals surface area contributed by atoms with Crippen molar-refractivity contribution in [1.82, 2.24) is 0 Å². The summed E-state index contributed by atoms with van der Waals surface area (Å²) in [6.45, 7) is 0.336. The minimum absolute atomic E-state index is 0.128. The summed E-state index contributed by atoms with van der Waals surface area (Å²) in [5.41, 5.74) is 2.33. The standard InChI is InChI=1S/C16H12N2O2/c17-10-12-6-8-14(9-7-12)18-15(11-20-16(18)19)13-4-2-1-3-5-13/h1-9,15H,11H2. The fourth-order valence-electron chi connectivity index (χ4n) is 2.32. The molecule has 0 bridgehead atoms. The van der Waals surface area contributed by atoms with E-state index in [-0.39, 0.29) is 12.1 Å². The van der Waals surface area contributed by atoms with E-state index in [0.29, 0.717) is 12.2 Å². The molecule has 0 radical (unpaired) electrons. The second-order valence-corrected chi connectivity index (χ2v) is 4.53. The molecule has 0 aromatic heterocycles. The van der Waals surface area contributed by atoms with Crippen LogP contribution in [0.3, 0.4) is 0 Å². The highest BCUT2D eigenvalue weighted by atomic mass is 16.6. The molecule has 1 unspecified atom stereocenters. The van der Waals surface area contributed by atoms with Crippen molar-refractivity contribution < 1.29 is 9.53 Å².